The smallest absolute Gasteiger partial charge is 0.417 e. The zero-order chi connectivity index (χ0) is 13.2. The molecule has 1 radical (unpaired) electrons. The van der Waals surface area contributed by atoms with E-state index in [4.69, 9.17) is 4.74 Å². The van der Waals surface area contributed by atoms with E-state index in [1.807, 2.05) is 0 Å². The van der Waals surface area contributed by atoms with E-state index < -0.39 is 11.7 Å². The lowest BCUT2D eigenvalue weighted by atomic mass is 10.0. The van der Waals surface area contributed by atoms with Gasteiger partial charge in [-0.25, -0.2) is 0 Å². The van der Waals surface area contributed by atoms with Crippen molar-refractivity contribution >= 4 is 0 Å². The van der Waals surface area contributed by atoms with Crippen LogP contribution in [0.4, 0.5) is 13.2 Å². The molecule has 0 aliphatic heterocycles. The highest BCUT2D eigenvalue weighted by atomic mass is 19.4. The standard InChI is InChI=1S/C14H10F3O/c1-18-13-7-5-10(6-8-13)11-3-2-4-12(9-11)14(15,16)17/h2-3,5-9H,1H3. The maximum Gasteiger partial charge on any atom is 0.417 e. The number of rotatable bonds is 2. The van der Waals surface area contributed by atoms with Gasteiger partial charge in [-0.3, -0.25) is 0 Å². The molecule has 0 aliphatic carbocycles. The molecule has 0 saturated heterocycles. The van der Waals surface area contributed by atoms with Crippen LogP contribution < -0.4 is 4.74 Å². The van der Waals surface area contributed by atoms with Crippen molar-refractivity contribution in [2.24, 2.45) is 0 Å². The zero-order valence-corrected chi connectivity index (χ0v) is 9.58. The van der Waals surface area contributed by atoms with Gasteiger partial charge in [-0.2, -0.15) is 13.2 Å². The van der Waals surface area contributed by atoms with Gasteiger partial charge in [0.05, 0.1) is 12.7 Å². The molecule has 0 atom stereocenters. The van der Waals surface area contributed by atoms with Gasteiger partial charge in [0.1, 0.15) is 5.75 Å². The first-order valence-electron chi connectivity index (χ1n) is 5.24. The molecule has 0 amide bonds. The van der Waals surface area contributed by atoms with Crippen molar-refractivity contribution < 1.29 is 17.9 Å². The SMILES string of the molecule is COc1ccc(-c2cc[c]c(C(F)(F)F)c2)cc1. The van der Waals surface area contributed by atoms with Crippen LogP contribution in [-0.2, 0) is 6.18 Å². The number of ether oxygens (including phenoxy) is 1. The first kappa shape index (κ1) is 12.5. The normalized spacial score (nSPS) is 11.3. The van der Waals surface area contributed by atoms with Crippen LogP contribution in [0.15, 0.2) is 42.5 Å². The Bertz CT molecular complexity index is 529. The van der Waals surface area contributed by atoms with E-state index >= 15 is 0 Å². The van der Waals surface area contributed by atoms with Crippen LogP contribution >= 0.6 is 0 Å². The molecule has 18 heavy (non-hydrogen) atoms. The molecule has 0 saturated carbocycles. The van der Waals surface area contributed by atoms with E-state index in [-0.39, 0.29) is 0 Å². The fourth-order valence-electron chi connectivity index (χ4n) is 1.59. The van der Waals surface area contributed by atoms with Gasteiger partial charge in [-0.15, -0.1) is 0 Å². The number of alkyl halides is 3. The summed E-state index contributed by atoms with van der Waals surface area (Å²) in [5.41, 5.74) is 0.440. The van der Waals surface area contributed by atoms with Gasteiger partial charge >= 0.3 is 6.18 Å². The Morgan fingerprint density at radius 1 is 1.00 bits per heavy atom. The van der Waals surface area contributed by atoms with Gasteiger partial charge in [0, 0.05) is 0 Å². The van der Waals surface area contributed by atoms with Gasteiger partial charge in [0.2, 0.25) is 0 Å². The quantitative estimate of drug-likeness (QED) is 0.778. The molecule has 0 bridgehead atoms. The second kappa shape index (κ2) is 4.72. The zero-order valence-electron chi connectivity index (χ0n) is 9.58. The van der Waals surface area contributed by atoms with E-state index in [9.17, 15) is 13.2 Å². The largest absolute Gasteiger partial charge is 0.497 e. The number of halogens is 3. The summed E-state index contributed by atoms with van der Waals surface area (Å²) in [5, 5.41) is 0. The van der Waals surface area contributed by atoms with Crippen LogP contribution in [0.2, 0.25) is 0 Å². The van der Waals surface area contributed by atoms with E-state index in [1.54, 1.807) is 30.3 Å². The number of hydrogen-bond acceptors (Lipinski definition) is 1. The van der Waals surface area contributed by atoms with Crippen molar-refractivity contribution in [2.75, 3.05) is 7.11 Å². The minimum atomic E-state index is -4.37. The first-order chi connectivity index (χ1) is 8.50. The fourth-order valence-corrected chi connectivity index (χ4v) is 1.59. The van der Waals surface area contributed by atoms with Gasteiger partial charge in [0.15, 0.2) is 0 Å². The minimum absolute atomic E-state index is 0.503. The molecule has 0 fully saturated rings. The van der Waals surface area contributed by atoms with E-state index in [2.05, 4.69) is 6.07 Å². The highest BCUT2D eigenvalue weighted by Crippen LogP contribution is 2.32. The average molecular weight is 251 g/mol. The molecule has 0 heterocycles. The molecule has 4 heteroatoms. The third-order valence-corrected chi connectivity index (χ3v) is 2.53. The van der Waals surface area contributed by atoms with Crippen molar-refractivity contribution in [1.82, 2.24) is 0 Å². The first-order valence-corrected chi connectivity index (χ1v) is 5.24. The molecule has 0 aromatic heterocycles. The second-order valence-corrected chi connectivity index (χ2v) is 3.72. The summed E-state index contributed by atoms with van der Waals surface area (Å²) in [7, 11) is 1.54. The van der Waals surface area contributed by atoms with Gasteiger partial charge in [-0.1, -0.05) is 24.3 Å². The Labute approximate surface area is 103 Å². The van der Waals surface area contributed by atoms with Gasteiger partial charge < -0.3 is 4.74 Å². The molecule has 0 unspecified atom stereocenters. The average Bonchev–Trinajstić information content (AvgIpc) is 2.38. The summed E-state index contributed by atoms with van der Waals surface area (Å²) in [6.07, 6.45) is -4.37. The van der Waals surface area contributed by atoms with Crippen LogP contribution in [0, 0.1) is 6.07 Å². The summed E-state index contributed by atoms with van der Waals surface area (Å²) in [5.74, 6) is 0.664. The van der Waals surface area contributed by atoms with Crippen molar-refractivity contribution in [3.63, 3.8) is 0 Å². The molecule has 2 aromatic rings. The van der Waals surface area contributed by atoms with Crippen molar-refractivity contribution in [1.29, 1.82) is 0 Å². The van der Waals surface area contributed by atoms with E-state index in [0.717, 1.165) is 6.07 Å². The molecular weight excluding hydrogens is 241 g/mol. The molecule has 0 N–H and O–H groups in total. The summed E-state index contributed by atoms with van der Waals surface area (Å²) >= 11 is 0. The van der Waals surface area contributed by atoms with Crippen molar-refractivity contribution in [3.05, 3.63) is 54.1 Å². The lowest BCUT2D eigenvalue weighted by Crippen LogP contribution is -2.04. The predicted octanol–water partition coefficient (Wildman–Crippen LogP) is 4.18. The maximum atomic E-state index is 12.6. The van der Waals surface area contributed by atoms with E-state index in [1.165, 1.54) is 13.2 Å². The fraction of sp³-hybridized carbons (Fsp3) is 0.143. The Morgan fingerprint density at radius 3 is 2.22 bits per heavy atom. The summed E-state index contributed by atoms with van der Waals surface area (Å²) in [6, 6.07) is 13.0. The molecule has 2 aromatic carbocycles. The van der Waals surface area contributed by atoms with Crippen LogP contribution in [0.25, 0.3) is 11.1 Å². The number of benzene rings is 2. The van der Waals surface area contributed by atoms with Gasteiger partial charge in [0.25, 0.3) is 0 Å². The Balaban J connectivity index is 2.38. The molecule has 0 aliphatic rings. The topological polar surface area (TPSA) is 9.23 Å². The summed E-state index contributed by atoms with van der Waals surface area (Å²) < 4.78 is 42.7. The lowest BCUT2D eigenvalue weighted by Gasteiger charge is -2.08. The third kappa shape index (κ3) is 2.64. The molecular formula is C14H10F3O. The molecule has 2 rings (SSSR count). The molecule has 0 spiro atoms. The highest BCUT2D eigenvalue weighted by Gasteiger charge is 2.30. The van der Waals surface area contributed by atoms with E-state index in [0.29, 0.717) is 16.9 Å². The maximum absolute atomic E-state index is 12.6. The summed E-state index contributed by atoms with van der Waals surface area (Å²) in [6.45, 7) is 0. The Hall–Kier alpha value is -1.97. The van der Waals surface area contributed by atoms with Crippen molar-refractivity contribution in [2.45, 2.75) is 6.18 Å². The summed E-state index contributed by atoms with van der Waals surface area (Å²) in [4.78, 5) is 0. The molecule has 93 valence electrons. The predicted molar refractivity (Wildman–Crippen MR) is 62.3 cm³/mol. The van der Waals surface area contributed by atoms with Crippen molar-refractivity contribution in [3.8, 4) is 16.9 Å². The number of hydrogen-bond donors (Lipinski definition) is 0. The van der Waals surface area contributed by atoms with Crippen LogP contribution in [-0.4, -0.2) is 7.11 Å². The molecule has 1 nitrogen and oxygen atoms in total. The third-order valence-electron chi connectivity index (χ3n) is 2.53. The second-order valence-electron chi connectivity index (χ2n) is 3.72. The minimum Gasteiger partial charge on any atom is -0.497 e. The number of methoxy groups -OCH3 is 1. The highest BCUT2D eigenvalue weighted by molar-refractivity contribution is 5.65. The van der Waals surface area contributed by atoms with Crippen LogP contribution in [0.1, 0.15) is 5.56 Å². The Kier molecular flexibility index (Phi) is 3.28. The van der Waals surface area contributed by atoms with Crippen LogP contribution in [0.3, 0.4) is 0 Å². The van der Waals surface area contributed by atoms with Gasteiger partial charge in [-0.05, 0) is 35.4 Å². The van der Waals surface area contributed by atoms with Crippen LogP contribution in [0.5, 0.6) is 5.75 Å². The Morgan fingerprint density at radius 2 is 1.67 bits per heavy atom. The monoisotopic (exact) mass is 251 g/mol. The lowest BCUT2D eigenvalue weighted by molar-refractivity contribution is -0.137.